The molecule has 0 aromatic carbocycles. The highest BCUT2D eigenvalue weighted by Gasteiger charge is 2.36. The first-order chi connectivity index (χ1) is 9.45. The van der Waals surface area contributed by atoms with Crippen molar-refractivity contribution in [2.24, 2.45) is 0 Å². The molecular formula is C14H26ClNO3S. The Morgan fingerprint density at radius 2 is 1.65 bits per heavy atom. The van der Waals surface area contributed by atoms with E-state index < -0.39 is 14.3 Å². The summed E-state index contributed by atoms with van der Waals surface area (Å²) in [5.74, 6) is -0.0813. The van der Waals surface area contributed by atoms with E-state index in [-0.39, 0.29) is 18.9 Å². The topological polar surface area (TPSA) is 54.5 Å². The van der Waals surface area contributed by atoms with Crippen LogP contribution in [0.25, 0.3) is 0 Å². The highest BCUT2D eigenvalue weighted by molar-refractivity contribution is 8.14. The first-order valence-electron chi connectivity index (χ1n) is 7.66. The number of rotatable bonds is 10. The molecule has 0 saturated carbocycles. The van der Waals surface area contributed by atoms with Gasteiger partial charge >= 0.3 is 0 Å². The molecule has 0 aromatic heterocycles. The molecule has 0 spiro atoms. The fraction of sp³-hybridized carbons (Fsp3) is 0.929. The maximum Gasteiger partial charge on any atom is 0.237 e. The quantitative estimate of drug-likeness (QED) is 0.458. The molecule has 4 nitrogen and oxygen atoms in total. The van der Waals surface area contributed by atoms with E-state index in [1.165, 1.54) is 38.5 Å². The summed E-state index contributed by atoms with van der Waals surface area (Å²) in [6.45, 7) is 3.14. The third kappa shape index (κ3) is 6.44. The van der Waals surface area contributed by atoms with E-state index in [1.54, 1.807) is 4.90 Å². The van der Waals surface area contributed by atoms with Gasteiger partial charge in [-0.3, -0.25) is 4.79 Å². The Bertz CT molecular complexity index is 397. The predicted octanol–water partition coefficient (Wildman–Crippen LogP) is 3.30. The van der Waals surface area contributed by atoms with Crippen molar-refractivity contribution in [3.05, 3.63) is 0 Å². The van der Waals surface area contributed by atoms with Crippen molar-refractivity contribution in [1.29, 1.82) is 0 Å². The number of halogens is 1. The smallest absolute Gasteiger partial charge is 0.237 e. The summed E-state index contributed by atoms with van der Waals surface area (Å²) in [5.41, 5.74) is 0. The molecule has 0 bridgehead atoms. The number of likely N-dealkylation sites (tertiary alicyclic amines) is 1. The highest BCUT2D eigenvalue weighted by atomic mass is 35.7. The highest BCUT2D eigenvalue weighted by Crippen LogP contribution is 2.21. The molecule has 1 aliphatic rings. The zero-order valence-electron chi connectivity index (χ0n) is 12.3. The third-order valence-corrected chi connectivity index (χ3v) is 5.73. The lowest BCUT2D eigenvalue weighted by Gasteiger charge is -2.15. The van der Waals surface area contributed by atoms with E-state index in [2.05, 4.69) is 6.92 Å². The van der Waals surface area contributed by atoms with Crippen LogP contribution in [0.1, 0.15) is 64.7 Å². The van der Waals surface area contributed by atoms with Crippen molar-refractivity contribution >= 4 is 25.6 Å². The van der Waals surface area contributed by atoms with E-state index in [0.29, 0.717) is 6.54 Å². The van der Waals surface area contributed by atoms with Crippen LogP contribution in [0.5, 0.6) is 0 Å². The molecule has 0 aromatic rings. The zero-order chi connectivity index (χ0) is 15.0. The Morgan fingerprint density at radius 1 is 1.10 bits per heavy atom. The first-order valence-corrected chi connectivity index (χ1v) is 10.0. The summed E-state index contributed by atoms with van der Waals surface area (Å²) in [4.78, 5) is 13.3. The van der Waals surface area contributed by atoms with Gasteiger partial charge in [0.15, 0.2) is 0 Å². The van der Waals surface area contributed by atoms with E-state index in [0.717, 1.165) is 12.8 Å². The van der Waals surface area contributed by atoms with Crippen molar-refractivity contribution in [2.75, 3.05) is 13.1 Å². The van der Waals surface area contributed by atoms with Crippen LogP contribution in [0.15, 0.2) is 0 Å². The Kier molecular flexibility index (Phi) is 7.88. The number of hydrogen-bond donors (Lipinski definition) is 0. The number of nitrogens with zero attached hydrogens (tertiary/aromatic N) is 1. The van der Waals surface area contributed by atoms with Gasteiger partial charge in [-0.15, -0.1) is 0 Å². The molecule has 1 amide bonds. The lowest BCUT2D eigenvalue weighted by Crippen LogP contribution is -2.28. The van der Waals surface area contributed by atoms with Gasteiger partial charge in [0.25, 0.3) is 0 Å². The van der Waals surface area contributed by atoms with Crippen LogP contribution in [-0.2, 0) is 13.8 Å². The maximum absolute atomic E-state index is 11.7. The monoisotopic (exact) mass is 323 g/mol. The van der Waals surface area contributed by atoms with Gasteiger partial charge in [0, 0.05) is 30.2 Å². The van der Waals surface area contributed by atoms with Crippen molar-refractivity contribution in [3.63, 3.8) is 0 Å². The molecule has 20 heavy (non-hydrogen) atoms. The number of carbonyl (C=O) groups is 1. The van der Waals surface area contributed by atoms with Gasteiger partial charge in [-0.25, -0.2) is 8.42 Å². The molecule has 1 atom stereocenters. The lowest BCUT2D eigenvalue weighted by atomic mass is 10.1. The third-order valence-electron chi connectivity index (χ3n) is 3.86. The average molecular weight is 324 g/mol. The minimum atomic E-state index is -3.61. The predicted molar refractivity (Wildman–Crippen MR) is 82.4 cm³/mol. The number of unbranched alkanes of at least 4 members (excludes halogenated alkanes) is 7. The van der Waals surface area contributed by atoms with Gasteiger partial charge in [0.1, 0.15) is 5.25 Å². The molecule has 1 unspecified atom stereocenters. The van der Waals surface area contributed by atoms with E-state index in [1.807, 2.05) is 0 Å². The normalized spacial score (nSPS) is 19.8. The van der Waals surface area contributed by atoms with Crippen molar-refractivity contribution in [3.8, 4) is 0 Å². The summed E-state index contributed by atoms with van der Waals surface area (Å²) in [6.07, 6.45) is 9.75. The minimum Gasteiger partial charge on any atom is -0.341 e. The van der Waals surface area contributed by atoms with Gasteiger partial charge in [-0.05, 0) is 6.42 Å². The Balaban J connectivity index is 2.09. The summed E-state index contributed by atoms with van der Waals surface area (Å²) in [6, 6.07) is 0. The Morgan fingerprint density at radius 3 is 2.15 bits per heavy atom. The van der Waals surface area contributed by atoms with Crippen LogP contribution >= 0.6 is 10.7 Å². The van der Waals surface area contributed by atoms with Crippen molar-refractivity contribution < 1.29 is 13.2 Å². The van der Waals surface area contributed by atoms with E-state index in [9.17, 15) is 13.2 Å². The molecule has 6 heteroatoms. The maximum atomic E-state index is 11.7. The standard InChI is InChI=1S/C14H26ClNO3S/c1-2-3-4-5-6-7-8-9-10-16-12-13(11-14(16)17)20(15,18)19/h13H,2-12H2,1H3. The van der Waals surface area contributed by atoms with Crippen LogP contribution in [-0.4, -0.2) is 37.6 Å². The summed E-state index contributed by atoms with van der Waals surface area (Å²) in [7, 11) is 1.70. The van der Waals surface area contributed by atoms with Gasteiger partial charge in [0.05, 0.1) is 0 Å². The molecule has 1 rings (SSSR count). The molecule has 1 fully saturated rings. The summed E-state index contributed by atoms with van der Waals surface area (Å²) in [5, 5.41) is -0.717. The second kappa shape index (κ2) is 8.88. The van der Waals surface area contributed by atoms with Crippen LogP contribution in [0.2, 0.25) is 0 Å². The second-order valence-corrected chi connectivity index (χ2v) is 8.52. The molecule has 0 radical (unpaired) electrons. The first kappa shape index (κ1) is 17.8. The lowest BCUT2D eigenvalue weighted by molar-refractivity contribution is -0.127. The average Bonchev–Trinajstić information content (AvgIpc) is 2.74. The second-order valence-electron chi connectivity index (χ2n) is 5.62. The van der Waals surface area contributed by atoms with Gasteiger partial charge in [0.2, 0.25) is 15.0 Å². The SMILES string of the molecule is CCCCCCCCCCN1CC(S(=O)(=O)Cl)CC1=O. The Hall–Kier alpha value is -0.290. The molecule has 118 valence electrons. The number of carbonyl (C=O) groups excluding carboxylic acids is 1. The van der Waals surface area contributed by atoms with Gasteiger partial charge < -0.3 is 4.90 Å². The summed E-state index contributed by atoms with van der Waals surface area (Å²) < 4.78 is 22.4. The zero-order valence-corrected chi connectivity index (χ0v) is 13.9. The van der Waals surface area contributed by atoms with Crippen molar-refractivity contribution in [1.82, 2.24) is 4.90 Å². The minimum absolute atomic E-state index is 0.0445. The van der Waals surface area contributed by atoms with Crippen LogP contribution in [0, 0.1) is 0 Å². The number of hydrogen-bond acceptors (Lipinski definition) is 3. The summed E-state index contributed by atoms with van der Waals surface area (Å²) >= 11 is 0. The fourth-order valence-electron chi connectivity index (χ4n) is 2.58. The van der Waals surface area contributed by atoms with Gasteiger partial charge in [-0.2, -0.15) is 0 Å². The molecular weight excluding hydrogens is 298 g/mol. The van der Waals surface area contributed by atoms with Gasteiger partial charge in [-0.1, -0.05) is 51.9 Å². The van der Waals surface area contributed by atoms with Crippen LogP contribution in [0.4, 0.5) is 0 Å². The molecule has 1 aliphatic heterocycles. The fourth-order valence-corrected chi connectivity index (χ4v) is 3.63. The largest absolute Gasteiger partial charge is 0.341 e. The van der Waals surface area contributed by atoms with E-state index in [4.69, 9.17) is 10.7 Å². The molecule has 1 saturated heterocycles. The van der Waals surface area contributed by atoms with E-state index >= 15 is 0 Å². The molecule has 0 N–H and O–H groups in total. The van der Waals surface area contributed by atoms with Crippen molar-refractivity contribution in [2.45, 2.75) is 70.0 Å². The Labute approximate surface area is 127 Å². The van der Waals surface area contributed by atoms with Crippen LogP contribution in [0.3, 0.4) is 0 Å². The molecule has 0 aliphatic carbocycles. The van der Waals surface area contributed by atoms with Crippen LogP contribution < -0.4 is 0 Å². The number of amides is 1. The molecule has 1 heterocycles.